The second kappa shape index (κ2) is 6.95. The molecule has 2 heterocycles. The molecule has 8 heteroatoms. The molecule has 26 heavy (non-hydrogen) atoms. The first kappa shape index (κ1) is 18.2. The van der Waals surface area contributed by atoms with E-state index in [1.54, 1.807) is 37.4 Å². The number of hydrogen-bond donors (Lipinski definition) is 1. The average Bonchev–Trinajstić information content (AvgIpc) is 2.91. The Morgan fingerprint density at radius 3 is 2.50 bits per heavy atom. The molecule has 4 atom stereocenters. The van der Waals surface area contributed by atoms with Crippen LogP contribution in [0.3, 0.4) is 0 Å². The summed E-state index contributed by atoms with van der Waals surface area (Å²) in [6.45, 7) is 0. The van der Waals surface area contributed by atoms with Crippen molar-refractivity contribution in [2.24, 2.45) is 0 Å². The Balaban J connectivity index is 1.98. The summed E-state index contributed by atoms with van der Waals surface area (Å²) in [7, 11) is 2.97. The zero-order valence-corrected chi connectivity index (χ0v) is 14.6. The minimum atomic E-state index is -1.91. The molecule has 2 saturated heterocycles. The van der Waals surface area contributed by atoms with Gasteiger partial charge in [-0.2, -0.15) is 0 Å². The van der Waals surface area contributed by atoms with Gasteiger partial charge < -0.3 is 19.3 Å². The molecule has 3 rings (SSSR count). The Hall–Kier alpha value is -2.61. The topological polar surface area (TPSA) is 102 Å². The summed E-state index contributed by atoms with van der Waals surface area (Å²) in [4.78, 5) is 38.5. The number of fused-ring (bicyclic) bond motifs is 2. The molecule has 140 valence electrons. The zero-order chi connectivity index (χ0) is 18.9. The zero-order valence-electron chi connectivity index (χ0n) is 14.6. The molecule has 0 aliphatic carbocycles. The highest BCUT2D eigenvalue weighted by molar-refractivity contribution is 5.90. The van der Waals surface area contributed by atoms with E-state index in [4.69, 9.17) is 14.2 Å². The Bertz CT molecular complexity index is 707. The molecule has 0 amide bonds. The molecule has 0 saturated carbocycles. The van der Waals surface area contributed by atoms with Gasteiger partial charge >= 0.3 is 18.1 Å². The first-order valence-electron chi connectivity index (χ1n) is 8.38. The predicted octanol–water partition coefficient (Wildman–Crippen LogP) is 1.68. The van der Waals surface area contributed by atoms with Crippen LogP contribution in [-0.4, -0.2) is 66.0 Å². The van der Waals surface area contributed by atoms with Crippen LogP contribution in [0.2, 0.25) is 0 Å². The number of piperidine rings is 1. The van der Waals surface area contributed by atoms with Crippen LogP contribution in [0, 0.1) is 0 Å². The first-order chi connectivity index (χ1) is 12.4. The van der Waals surface area contributed by atoms with Crippen molar-refractivity contribution in [1.29, 1.82) is 0 Å². The van der Waals surface area contributed by atoms with Gasteiger partial charge in [0.25, 0.3) is 5.60 Å². The quantitative estimate of drug-likeness (QED) is 0.637. The van der Waals surface area contributed by atoms with Crippen molar-refractivity contribution in [2.75, 3.05) is 14.2 Å². The average molecular weight is 363 g/mol. The largest absolute Gasteiger partial charge is 0.507 e. The van der Waals surface area contributed by atoms with Gasteiger partial charge in [-0.1, -0.05) is 18.2 Å². The molecule has 0 unspecified atom stereocenters. The lowest BCUT2D eigenvalue weighted by atomic mass is 9.82. The van der Waals surface area contributed by atoms with Gasteiger partial charge in [-0.3, -0.25) is 4.90 Å². The predicted molar refractivity (Wildman–Crippen MR) is 88.7 cm³/mol. The fourth-order valence-corrected chi connectivity index (χ4v) is 4.10. The van der Waals surface area contributed by atoms with Crippen LogP contribution in [0.4, 0.5) is 4.79 Å². The number of ether oxygens (including phenoxy) is 3. The van der Waals surface area contributed by atoms with Crippen molar-refractivity contribution in [3.05, 3.63) is 35.9 Å². The van der Waals surface area contributed by atoms with Crippen LogP contribution in [0.5, 0.6) is 0 Å². The molecule has 8 nitrogen and oxygen atoms in total. The van der Waals surface area contributed by atoms with Crippen molar-refractivity contribution in [1.82, 2.24) is 4.90 Å². The van der Waals surface area contributed by atoms with Gasteiger partial charge in [0.2, 0.25) is 0 Å². The van der Waals surface area contributed by atoms with Gasteiger partial charge in [0.15, 0.2) is 6.10 Å². The van der Waals surface area contributed by atoms with E-state index in [1.807, 2.05) is 4.90 Å². The highest BCUT2D eigenvalue weighted by atomic mass is 16.7. The molecule has 0 aromatic heterocycles. The summed E-state index contributed by atoms with van der Waals surface area (Å²) in [6.07, 6.45) is -1.10. The van der Waals surface area contributed by atoms with E-state index in [0.717, 1.165) is 13.5 Å². The van der Waals surface area contributed by atoms with E-state index >= 15 is 0 Å². The molecule has 2 bridgehead atoms. The second-order valence-corrected chi connectivity index (χ2v) is 6.56. The molecule has 0 radical (unpaired) electrons. The first-order valence-corrected chi connectivity index (χ1v) is 8.38. The summed E-state index contributed by atoms with van der Waals surface area (Å²) >= 11 is 0. The van der Waals surface area contributed by atoms with Crippen LogP contribution in [0.25, 0.3) is 0 Å². The fourth-order valence-electron chi connectivity index (χ4n) is 4.10. The number of benzene rings is 1. The number of nitrogens with zero attached hydrogens (tertiary/aromatic N) is 1. The fraction of sp³-hybridized carbons (Fsp3) is 0.500. The number of methoxy groups -OCH3 is 1. The van der Waals surface area contributed by atoms with Gasteiger partial charge in [0, 0.05) is 12.5 Å². The number of carbonyl (C=O) groups excluding carboxylic acids is 2. The monoisotopic (exact) mass is 363 g/mol. The van der Waals surface area contributed by atoms with Crippen LogP contribution < -0.4 is 0 Å². The van der Waals surface area contributed by atoms with Crippen LogP contribution in [-0.2, 0) is 19.0 Å². The van der Waals surface area contributed by atoms with Gasteiger partial charge in [0.1, 0.15) is 0 Å². The molecule has 1 N–H and O–H groups in total. The summed E-state index contributed by atoms with van der Waals surface area (Å²) in [5, 5.41) is 9.27. The number of carbonyl (C=O) groups is 3. The number of hydrogen-bond acceptors (Lipinski definition) is 7. The van der Waals surface area contributed by atoms with E-state index in [1.165, 1.54) is 0 Å². The summed E-state index contributed by atoms with van der Waals surface area (Å²) in [5.74, 6) is -1.50. The lowest BCUT2D eigenvalue weighted by molar-refractivity contribution is -0.199. The van der Waals surface area contributed by atoms with Crippen molar-refractivity contribution in [2.45, 2.75) is 43.1 Å². The van der Waals surface area contributed by atoms with Gasteiger partial charge in [-0.25, -0.2) is 14.4 Å². The second-order valence-electron chi connectivity index (χ2n) is 6.56. The van der Waals surface area contributed by atoms with Crippen molar-refractivity contribution in [3.8, 4) is 0 Å². The molecule has 2 aliphatic rings. The van der Waals surface area contributed by atoms with Crippen LogP contribution in [0.1, 0.15) is 29.6 Å². The van der Waals surface area contributed by atoms with E-state index < -0.39 is 35.8 Å². The normalized spacial score (nSPS) is 30.5. The number of likely N-dealkylation sites (N-methyl/N-ethyl adjacent to an activating group) is 1. The van der Waals surface area contributed by atoms with Crippen LogP contribution in [0.15, 0.2) is 30.3 Å². The Kier molecular flexibility index (Phi) is 4.86. The molecular formula is C18H21NO7. The third-order valence-corrected chi connectivity index (χ3v) is 5.32. The smallest absolute Gasteiger partial charge is 0.466 e. The highest BCUT2D eigenvalue weighted by Gasteiger charge is 2.66. The van der Waals surface area contributed by atoms with E-state index in [9.17, 15) is 19.5 Å². The Morgan fingerprint density at radius 1 is 1.19 bits per heavy atom. The van der Waals surface area contributed by atoms with Gasteiger partial charge in [-0.15, -0.1) is 0 Å². The van der Waals surface area contributed by atoms with Gasteiger partial charge in [0.05, 0.1) is 18.7 Å². The third-order valence-electron chi connectivity index (χ3n) is 5.32. The van der Waals surface area contributed by atoms with E-state index in [-0.39, 0.29) is 12.5 Å². The third kappa shape index (κ3) is 2.90. The molecule has 2 aliphatic heterocycles. The molecule has 1 aromatic rings. The maximum absolute atomic E-state index is 12.7. The minimum absolute atomic E-state index is 0.0729. The lowest BCUT2D eigenvalue weighted by Gasteiger charge is -2.47. The summed E-state index contributed by atoms with van der Waals surface area (Å²) in [5.41, 5.74) is -1.60. The SMILES string of the molecule is COC(=O)[C@]1(OC(=O)O)[C@@H](OC(=O)c2ccccc2)C[C@H]2CC[C@@H]1N2C. The highest BCUT2D eigenvalue weighted by Crippen LogP contribution is 2.45. The lowest BCUT2D eigenvalue weighted by Crippen LogP contribution is -2.69. The molecule has 0 spiro atoms. The number of esters is 2. The maximum atomic E-state index is 12.7. The Labute approximate surface area is 150 Å². The maximum Gasteiger partial charge on any atom is 0.507 e. The van der Waals surface area contributed by atoms with E-state index in [0.29, 0.717) is 12.0 Å². The van der Waals surface area contributed by atoms with Crippen molar-refractivity contribution >= 4 is 18.1 Å². The van der Waals surface area contributed by atoms with Crippen molar-refractivity contribution in [3.63, 3.8) is 0 Å². The number of carboxylic acid groups (broad SMARTS) is 1. The summed E-state index contributed by atoms with van der Waals surface area (Å²) in [6, 6.07) is 7.83. The van der Waals surface area contributed by atoms with Crippen molar-refractivity contribution < 1.29 is 33.7 Å². The standard InChI is InChI=1S/C18H21NO7/c1-19-12-8-9-13(19)18(16(21)24-2,26-17(22)23)14(10-12)25-15(20)11-6-4-3-5-7-11/h3-7,12-14H,8-10H2,1-2H3,(H,22,23)/t12-,13+,14+,18-/m1/s1. The van der Waals surface area contributed by atoms with Crippen LogP contribution >= 0.6 is 0 Å². The molecule has 1 aromatic carbocycles. The Morgan fingerprint density at radius 2 is 1.88 bits per heavy atom. The minimum Gasteiger partial charge on any atom is -0.466 e. The molecule has 2 fully saturated rings. The summed E-state index contributed by atoms with van der Waals surface area (Å²) < 4.78 is 15.6. The van der Waals surface area contributed by atoms with Gasteiger partial charge in [-0.05, 0) is 32.0 Å². The molecular weight excluding hydrogens is 342 g/mol. The van der Waals surface area contributed by atoms with E-state index in [2.05, 4.69) is 0 Å². The number of rotatable bonds is 4.